The Balaban J connectivity index is 2.77. The van der Waals surface area contributed by atoms with Gasteiger partial charge in [-0.2, -0.15) is 0 Å². The van der Waals surface area contributed by atoms with Crippen molar-refractivity contribution >= 4 is 5.83 Å². The van der Waals surface area contributed by atoms with Crippen molar-refractivity contribution in [1.29, 1.82) is 0 Å². The molecule has 0 amide bonds. The summed E-state index contributed by atoms with van der Waals surface area (Å²) in [5, 5.41) is 0. The third kappa shape index (κ3) is 2.16. The molecule has 0 N–H and O–H groups in total. The van der Waals surface area contributed by atoms with E-state index in [9.17, 15) is 13.2 Å². The highest BCUT2D eigenvalue weighted by Gasteiger charge is 2.16. The first-order valence-corrected chi connectivity index (χ1v) is 5.40. The highest BCUT2D eigenvalue weighted by molar-refractivity contribution is 5.79. The molecule has 0 unspecified atom stereocenters. The Labute approximate surface area is 103 Å². The SMILES string of the molecule is C=C(F)c1ccc(C)cc1-c1c(F)cccc1F. The lowest BCUT2D eigenvalue weighted by Gasteiger charge is -2.11. The Bertz CT molecular complexity index is 595. The summed E-state index contributed by atoms with van der Waals surface area (Å²) in [6.45, 7) is 4.96. The van der Waals surface area contributed by atoms with Gasteiger partial charge in [0.25, 0.3) is 0 Å². The molecule has 0 aliphatic rings. The fourth-order valence-electron chi connectivity index (χ4n) is 1.86. The first-order valence-electron chi connectivity index (χ1n) is 5.40. The van der Waals surface area contributed by atoms with E-state index in [1.807, 2.05) is 0 Å². The molecule has 0 aliphatic heterocycles. The van der Waals surface area contributed by atoms with E-state index in [2.05, 4.69) is 6.58 Å². The van der Waals surface area contributed by atoms with Crippen LogP contribution >= 0.6 is 0 Å². The van der Waals surface area contributed by atoms with E-state index in [4.69, 9.17) is 0 Å². The Morgan fingerprint density at radius 3 is 2.22 bits per heavy atom. The quantitative estimate of drug-likeness (QED) is 0.710. The molecule has 0 saturated heterocycles. The molecule has 0 bridgehead atoms. The van der Waals surface area contributed by atoms with Crippen molar-refractivity contribution in [1.82, 2.24) is 0 Å². The Morgan fingerprint density at radius 2 is 1.67 bits per heavy atom. The molecular weight excluding hydrogens is 237 g/mol. The Hall–Kier alpha value is -2.03. The first kappa shape index (κ1) is 12.4. The maximum atomic E-state index is 13.7. The van der Waals surface area contributed by atoms with Gasteiger partial charge >= 0.3 is 0 Å². The average molecular weight is 248 g/mol. The van der Waals surface area contributed by atoms with E-state index in [1.54, 1.807) is 19.1 Å². The molecule has 0 fully saturated rings. The molecule has 0 radical (unpaired) electrons. The minimum atomic E-state index is -0.719. The van der Waals surface area contributed by atoms with E-state index in [0.717, 1.165) is 17.7 Å². The van der Waals surface area contributed by atoms with Crippen LogP contribution in [0.3, 0.4) is 0 Å². The third-order valence-corrected chi connectivity index (χ3v) is 2.70. The van der Waals surface area contributed by atoms with E-state index in [0.29, 0.717) is 0 Å². The molecule has 2 aromatic carbocycles. The van der Waals surface area contributed by atoms with Gasteiger partial charge in [0.1, 0.15) is 17.5 Å². The molecule has 0 saturated carbocycles. The van der Waals surface area contributed by atoms with Gasteiger partial charge in [0.05, 0.1) is 5.56 Å². The molecule has 0 atom stereocenters. The van der Waals surface area contributed by atoms with Crippen LogP contribution in [0.1, 0.15) is 11.1 Å². The standard InChI is InChI=1S/C15H11F3/c1-9-6-7-11(10(2)16)12(8-9)15-13(17)4-3-5-14(15)18/h3-8H,2H2,1H3. The van der Waals surface area contributed by atoms with Crippen LogP contribution in [0.2, 0.25) is 0 Å². The van der Waals surface area contributed by atoms with E-state index < -0.39 is 17.5 Å². The van der Waals surface area contributed by atoms with E-state index >= 15 is 0 Å². The van der Waals surface area contributed by atoms with Crippen molar-refractivity contribution < 1.29 is 13.2 Å². The van der Waals surface area contributed by atoms with Crippen molar-refractivity contribution in [2.75, 3.05) is 0 Å². The van der Waals surface area contributed by atoms with Crippen LogP contribution in [-0.2, 0) is 0 Å². The van der Waals surface area contributed by atoms with Gasteiger partial charge in [0.15, 0.2) is 0 Å². The van der Waals surface area contributed by atoms with Crippen LogP contribution in [0.25, 0.3) is 17.0 Å². The topological polar surface area (TPSA) is 0 Å². The zero-order valence-corrected chi connectivity index (χ0v) is 9.81. The number of hydrogen-bond acceptors (Lipinski definition) is 0. The number of rotatable bonds is 2. The van der Waals surface area contributed by atoms with Crippen LogP contribution < -0.4 is 0 Å². The van der Waals surface area contributed by atoms with Crippen LogP contribution in [0.15, 0.2) is 43.0 Å². The van der Waals surface area contributed by atoms with Gasteiger partial charge in [0, 0.05) is 5.56 Å². The molecule has 0 spiro atoms. The molecule has 0 heterocycles. The third-order valence-electron chi connectivity index (χ3n) is 2.70. The molecular formula is C15H11F3. The number of halogens is 3. The largest absolute Gasteiger partial charge is 0.207 e. The summed E-state index contributed by atoms with van der Waals surface area (Å²) >= 11 is 0. The second-order valence-electron chi connectivity index (χ2n) is 4.05. The molecule has 3 heteroatoms. The van der Waals surface area contributed by atoms with Crippen LogP contribution in [0, 0.1) is 18.6 Å². The lowest BCUT2D eigenvalue weighted by atomic mass is 9.96. The summed E-state index contributed by atoms with van der Waals surface area (Å²) in [5.74, 6) is -2.15. The fourth-order valence-corrected chi connectivity index (χ4v) is 1.86. The summed E-state index contributed by atoms with van der Waals surface area (Å²) in [7, 11) is 0. The van der Waals surface area contributed by atoms with Gasteiger partial charge in [-0.05, 0) is 24.6 Å². The van der Waals surface area contributed by atoms with Gasteiger partial charge < -0.3 is 0 Å². The number of hydrogen-bond donors (Lipinski definition) is 0. The number of aryl methyl sites for hydroxylation is 1. The maximum absolute atomic E-state index is 13.7. The summed E-state index contributed by atoms with van der Waals surface area (Å²) < 4.78 is 40.8. The van der Waals surface area contributed by atoms with Gasteiger partial charge in [-0.3, -0.25) is 0 Å². The highest BCUT2D eigenvalue weighted by Crippen LogP contribution is 2.33. The number of benzene rings is 2. The van der Waals surface area contributed by atoms with Crippen molar-refractivity contribution in [3.05, 3.63) is 65.7 Å². The Kier molecular flexibility index (Phi) is 3.24. The summed E-state index contributed by atoms with van der Waals surface area (Å²) in [4.78, 5) is 0. The lowest BCUT2D eigenvalue weighted by Crippen LogP contribution is -1.94. The predicted molar refractivity (Wildman–Crippen MR) is 66.7 cm³/mol. The van der Waals surface area contributed by atoms with Gasteiger partial charge in [-0.15, -0.1) is 0 Å². The highest BCUT2D eigenvalue weighted by atomic mass is 19.1. The average Bonchev–Trinajstić information content (AvgIpc) is 2.28. The zero-order chi connectivity index (χ0) is 13.3. The van der Waals surface area contributed by atoms with Gasteiger partial charge in [-0.25, -0.2) is 13.2 Å². The molecule has 18 heavy (non-hydrogen) atoms. The molecule has 2 aromatic rings. The Morgan fingerprint density at radius 1 is 1.06 bits per heavy atom. The lowest BCUT2D eigenvalue weighted by molar-refractivity contribution is 0.589. The normalized spacial score (nSPS) is 10.4. The summed E-state index contributed by atoms with van der Waals surface area (Å²) in [6, 6.07) is 8.24. The molecule has 0 aromatic heterocycles. The minimum absolute atomic E-state index is 0.101. The monoisotopic (exact) mass is 248 g/mol. The van der Waals surface area contributed by atoms with Crippen molar-refractivity contribution in [2.45, 2.75) is 6.92 Å². The van der Waals surface area contributed by atoms with Crippen molar-refractivity contribution in [2.24, 2.45) is 0 Å². The van der Waals surface area contributed by atoms with E-state index in [1.165, 1.54) is 12.1 Å². The molecule has 92 valence electrons. The van der Waals surface area contributed by atoms with E-state index in [-0.39, 0.29) is 16.7 Å². The zero-order valence-electron chi connectivity index (χ0n) is 9.81. The maximum Gasteiger partial charge on any atom is 0.133 e. The second kappa shape index (κ2) is 4.69. The second-order valence-corrected chi connectivity index (χ2v) is 4.05. The fraction of sp³-hybridized carbons (Fsp3) is 0.0667. The van der Waals surface area contributed by atoms with Crippen molar-refractivity contribution in [3.8, 4) is 11.1 Å². The molecule has 0 aliphatic carbocycles. The first-order chi connectivity index (χ1) is 8.50. The summed E-state index contributed by atoms with van der Waals surface area (Å²) in [6.07, 6.45) is 0. The van der Waals surface area contributed by atoms with Gasteiger partial charge in [-0.1, -0.05) is 36.4 Å². The predicted octanol–water partition coefficient (Wildman–Crippen LogP) is 4.88. The van der Waals surface area contributed by atoms with Crippen molar-refractivity contribution in [3.63, 3.8) is 0 Å². The molecule has 2 rings (SSSR count). The van der Waals surface area contributed by atoms with Crippen LogP contribution in [-0.4, -0.2) is 0 Å². The minimum Gasteiger partial charge on any atom is -0.207 e. The summed E-state index contributed by atoms with van der Waals surface area (Å²) in [5.41, 5.74) is 0.843. The van der Waals surface area contributed by atoms with Crippen LogP contribution in [0.4, 0.5) is 13.2 Å². The molecule has 0 nitrogen and oxygen atoms in total. The van der Waals surface area contributed by atoms with Crippen LogP contribution in [0.5, 0.6) is 0 Å². The van der Waals surface area contributed by atoms with Gasteiger partial charge in [0.2, 0.25) is 0 Å². The smallest absolute Gasteiger partial charge is 0.133 e.